The molecule has 5 nitrogen and oxygen atoms in total. The number of hydrogen-bond acceptors (Lipinski definition) is 5. The molecule has 0 bridgehead atoms. The standard InChI is InChI=1S/C20H27N5/c1-3-17(2)15-21-16-18-7-6-10-23-20(18)25-13-11-24(12-14-25)19-8-4-5-9-22-19/h3-10,21H,11-16H2,1-2H3. The first kappa shape index (κ1) is 17.4. The summed E-state index contributed by atoms with van der Waals surface area (Å²) in [5.74, 6) is 2.17. The Balaban J connectivity index is 1.61. The van der Waals surface area contributed by atoms with Crippen LogP contribution in [0.4, 0.5) is 11.6 Å². The topological polar surface area (TPSA) is 44.3 Å². The zero-order chi connectivity index (χ0) is 17.5. The molecule has 2 aromatic rings. The van der Waals surface area contributed by atoms with Gasteiger partial charge in [0.15, 0.2) is 0 Å². The minimum absolute atomic E-state index is 0.842. The van der Waals surface area contributed by atoms with Gasteiger partial charge in [-0.05, 0) is 32.0 Å². The van der Waals surface area contributed by atoms with Crippen molar-refractivity contribution in [3.63, 3.8) is 0 Å². The average Bonchev–Trinajstić information content (AvgIpc) is 2.69. The number of nitrogens with zero attached hydrogens (tertiary/aromatic N) is 4. The minimum Gasteiger partial charge on any atom is -0.353 e. The molecule has 0 atom stereocenters. The highest BCUT2D eigenvalue weighted by Crippen LogP contribution is 2.20. The summed E-state index contributed by atoms with van der Waals surface area (Å²) < 4.78 is 0. The fourth-order valence-electron chi connectivity index (χ4n) is 3.04. The molecular weight excluding hydrogens is 310 g/mol. The van der Waals surface area contributed by atoms with Gasteiger partial charge in [0.2, 0.25) is 0 Å². The number of pyridine rings is 2. The number of allylic oxidation sites excluding steroid dienone is 1. The van der Waals surface area contributed by atoms with Gasteiger partial charge in [0.1, 0.15) is 11.6 Å². The lowest BCUT2D eigenvalue weighted by Gasteiger charge is -2.36. The SMILES string of the molecule is CC=C(C)CNCc1cccnc1N1CCN(c2ccccn2)CC1. The molecule has 132 valence electrons. The van der Waals surface area contributed by atoms with E-state index in [0.717, 1.165) is 50.9 Å². The highest BCUT2D eigenvalue weighted by Gasteiger charge is 2.20. The fourth-order valence-corrected chi connectivity index (χ4v) is 3.04. The van der Waals surface area contributed by atoms with Crippen molar-refractivity contribution in [1.82, 2.24) is 15.3 Å². The number of anilines is 2. The average molecular weight is 337 g/mol. The maximum atomic E-state index is 4.66. The Morgan fingerprint density at radius 3 is 2.52 bits per heavy atom. The van der Waals surface area contributed by atoms with Crippen LogP contribution in [0.2, 0.25) is 0 Å². The van der Waals surface area contributed by atoms with E-state index in [-0.39, 0.29) is 0 Å². The first-order chi connectivity index (χ1) is 12.3. The van der Waals surface area contributed by atoms with E-state index in [0.29, 0.717) is 0 Å². The zero-order valence-electron chi connectivity index (χ0n) is 15.2. The number of aromatic nitrogens is 2. The summed E-state index contributed by atoms with van der Waals surface area (Å²) in [6, 6.07) is 10.3. The predicted molar refractivity (Wildman–Crippen MR) is 104 cm³/mol. The first-order valence-corrected chi connectivity index (χ1v) is 8.95. The highest BCUT2D eigenvalue weighted by atomic mass is 15.3. The largest absolute Gasteiger partial charge is 0.353 e. The zero-order valence-corrected chi connectivity index (χ0v) is 15.2. The normalized spacial score (nSPS) is 15.5. The maximum absolute atomic E-state index is 4.66. The van der Waals surface area contributed by atoms with Crippen molar-refractivity contribution in [2.24, 2.45) is 0 Å². The summed E-state index contributed by atoms with van der Waals surface area (Å²) in [5, 5.41) is 3.51. The summed E-state index contributed by atoms with van der Waals surface area (Å²) in [6.45, 7) is 9.86. The molecule has 0 aromatic carbocycles. The van der Waals surface area contributed by atoms with Crippen molar-refractivity contribution >= 4 is 11.6 Å². The molecular formula is C20H27N5. The Kier molecular flexibility index (Phi) is 6.01. The van der Waals surface area contributed by atoms with Gasteiger partial charge < -0.3 is 15.1 Å². The van der Waals surface area contributed by atoms with Gasteiger partial charge in [-0.2, -0.15) is 0 Å². The van der Waals surface area contributed by atoms with Crippen LogP contribution in [-0.4, -0.2) is 42.7 Å². The van der Waals surface area contributed by atoms with Crippen LogP contribution in [0.3, 0.4) is 0 Å². The van der Waals surface area contributed by atoms with Crippen LogP contribution < -0.4 is 15.1 Å². The molecule has 3 rings (SSSR count). The van der Waals surface area contributed by atoms with Gasteiger partial charge in [0, 0.05) is 57.2 Å². The Bertz CT molecular complexity index is 690. The van der Waals surface area contributed by atoms with E-state index in [2.05, 4.69) is 57.1 Å². The van der Waals surface area contributed by atoms with Crippen LogP contribution in [0.15, 0.2) is 54.4 Å². The van der Waals surface area contributed by atoms with E-state index in [4.69, 9.17) is 0 Å². The van der Waals surface area contributed by atoms with Crippen molar-refractivity contribution in [1.29, 1.82) is 0 Å². The molecule has 2 aromatic heterocycles. The van der Waals surface area contributed by atoms with E-state index in [9.17, 15) is 0 Å². The quantitative estimate of drug-likeness (QED) is 0.821. The van der Waals surface area contributed by atoms with Crippen molar-refractivity contribution in [2.75, 3.05) is 42.5 Å². The molecule has 1 aliphatic rings. The van der Waals surface area contributed by atoms with Crippen molar-refractivity contribution in [3.05, 3.63) is 59.9 Å². The molecule has 3 heterocycles. The fraction of sp³-hybridized carbons (Fsp3) is 0.400. The first-order valence-electron chi connectivity index (χ1n) is 8.95. The minimum atomic E-state index is 0.842. The van der Waals surface area contributed by atoms with Crippen LogP contribution in [0.25, 0.3) is 0 Å². The van der Waals surface area contributed by atoms with E-state index in [1.54, 1.807) is 0 Å². The molecule has 5 heteroatoms. The molecule has 25 heavy (non-hydrogen) atoms. The van der Waals surface area contributed by atoms with E-state index < -0.39 is 0 Å². The van der Waals surface area contributed by atoms with E-state index >= 15 is 0 Å². The Hall–Kier alpha value is -2.40. The van der Waals surface area contributed by atoms with Gasteiger partial charge in [-0.3, -0.25) is 0 Å². The predicted octanol–water partition coefficient (Wildman–Crippen LogP) is 2.86. The second kappa shape index (κ2) is 8.62. The third kappa shape index (κ3) is 4.57. The number of rotatable bonds is 6. The lowest BCUT2D eigenvalue weighted by Crippen LogP contribution is -2.47. The molecule has 0 radical (unpaired) electrons. The van der Waals surface area contributed by atoms with Gasteiger partial charge >= 0.3 is 0 Å². The second-order valence-electron chi connectivity index (χ2n) is 6.39. The number of nitrogens with one attached hydrogen (secondary N) is 1. The Morgan fingerprint density at radius 2 is 1.80 bits per heavy atom. The highest BCUT2D eigenvalue weighted by molar-refractivity contribution is 5.49. The molecule has 1 aliphatic heterocycles. The van der Waals surface area contributed by atoms with Gasteiger partial charge in [-0.15, -0.1) is 0 Å². The van der Waals surface area contributed by atoms with Gasteiger partial charge in [0.05, 0.1) is 0 Å². The van der Waals surface area contributed by atoms with Gasteiger partial charge in [-0.1, -0.05) is 23.8 Å². The van der Waals surface area contributed by atoms with E-state index in [1.165, 1.54) is 11.1 Å². The molecule has 1 N–H and O–H groups in total. The van der Waals surface area contributed by atoms with Crippen LogP contribution in [-0.2, 0) is 6.54 Å². The Labute approximate surface area is 150 Å². The van der Waals surface area contributed by atoms with Gasteiger partial charge in [0.25, 0.3) is 0 Å². The summed E-state index contributed by atoms with van der Waals surface area (Å²) >= 11 is 0. The summed E-state index contributed by atoms with van der Waals surface area (Å²) in [4.78, 5) is 13.8. The lowest BCUT2D eigenvalue weighted by molar-refractivity contribution is 0.635. The summed E-state index contributed by atoms with van der Waals surface area (Å²) in [7, 11) is 0. The van der Waals surface area contributed by atoms with Crippen LogP contribution >= 0.6 is 0 Å². The van der Waals surface area contributed by atoms with Crippen LogP contribution in [0.1, 0.15) is 19.4 Å². The molecule has 1 saturated heterocycles. The summed E-state index contributed by atoms with van der Waals surface area (Å²) in [6.07, 6.45) is 5.89. The second-order valence-corrected chi connectivity index (χ2v) is 6.39. The molecule has 0 amide bonds. The van der Waals surface area contributed by atoms with E-state index in [1.807, 2.05) is 30.6 Å². The molecule has 0 unspecified atom stereocenters. The lowest BCUT2D eigenvalue weighted by atomic mass is 10.2. The van der Waals surface area contributed by atoms with Crippen LogP contribution in [0.5, 0.6) is 0 Å². The molecule has 1 fully saturated rings. The maximum Gasteiger partial charge on any atom is 0.133 e. The third-order valence-electron chi connectivity index (χ3n) is 4.63. The van der Waals surface area contributed by atoms with Crippen LogP contribution in [0, 0.1) is 0 Å². The molecule has 0 saturated carbocycles. The number of piperazine rings is 1. The van der Waals surface area contributed by atoms with Crippen molar-refractivity contribution < 1.29 is 0 Å². The van der Waals surface area contributed by atoms with Crippen molar-refractivity contribution in [3.8, 4) is 0 Å². The molecule has 0 spiro atoms. The third-order valence-corrected chi connectivity index (χ3v) is 4.63. The monoisotopic (exact) mass is 337 g/mol. The molecule has 0 aliphatic carbocycles. The smallest absolute Gasteiger partial charge is 0.133 e. The Morgan fingerprint density at radius 1 is 1.04 bits per heavy atom. The van der Waals surface area contributed by atoms with Crippen molar-refractivity contribution in [2.45, 2.75) is 20.4 Å². The number of hydrogen-bond donors (Lipinski definition) is 1. The summed E-state index contributed by atoms with van der Waals surface area (Å²) in [5.41, 5.74) is 2.62. The van der Waals surface area contributed by atoms with Gasteiger partial charge in [-0.25, -0.2) is 9.97 Å².